The molecule has 0 atom stereocenters. The number of hydrogen-bond donors (Lipinski definition) is 1. The molecule has 0 aliphatic rings. The summed E-state index contributed by atoms with van der Waals surface area (Å²) in [6, 6.07) is 7.57. The van der Waals surface area contributed by atoms with Crippen molar-refractivity contribution < 1.29 is 18.7 Å². The Kier molecular flexibility index (Phi) is 5.65. The standard InChI is InChI=1S/C17H14FNO3S.Na.H/c1-17(2,16(20)21)14-13(11-7-8-23-9-11)22-15(19-14)10-3-5-12(18)6-4-10;;/h3-9H,1-2H3,(H,20,21);;. The second-order valence-corrected chi connectivity index (χ2v) is 6.43. The molecule has 0 radical (unpaired) electrons. The maximum absolute atomic E-state index is 13.1. The van der Waals surface area contributed by atoms with Gasteiger partial charge in [-0.05, 0) is 49.6 Å². The Morgan fingerprint density at radius 3 is 2.42 bits per heavy atom. The van der Waals surface area contributed by atoms with Crippen LogP contribution < -0.4 is 0 Å². The molecule has 0 unspecified atom stereocenters. The summed E-state index contributed by atoms with van der Waals surface area (Å²) in [7, 11) is 0. The Bertz CT molecular complexity index is 841. The van der Waals surface area contributed by atoms with Gasteiger partial charge >= 0.3 is 35.5 Å². The second kappa shape index (κ2) is 7.19. The van der Waals surface area contributed by atoms with Crippen LogP contribution in [0.5, 0.6) is 0 Å². The zero-order valence-electron chi connectivity index (χ0n) is 12.5. The van der Waals surface area contributed by atoms with Gasteiger partial charge in [-0.1, -0.05) is 0 Å². The molecule has 0 saturated heterocycles. The van der Waals surface area contributed by atoms with Gasteiger partial charge in [-0.15, -0.1) is 0 Å². The number of aromatic nitrogens is 1. The Labute approximate surface area is 164 Å². The quantitative estimate of drug-likeness (QED) is 0.721. The molecule has 2 aromatic heterocycles. The predicted octanol–water partition coefficient (Wildman–Crippen LogP) is 3.92. The summed E-state index contributed by atoms with van der Waals surface area (Å²) in [5.74, 6) is -0.647. The fourth-order valence-corrected chi connectivity index (χ4v) is 2.79. The van der Waals surface area contributed by atoms with Crippen molar-refractivity contribution in [3.63, 3.8) is 0 Å². The molecule has 1 N–H and O–H groups in total. The van der Waals surface area contributed by atoms with Crippen molar-refractivity contribution >= 4 is 46.9 Å². The number of oxazole rings is 1. The zero-order valence-corrected chi connectivity index (χ0v) is 13.4. The van der Waals surface area contributed by atoms with E-state index in [9.17, 15) is 14.3 Å². The van der Waals surface area contributed by atoms with Crippen LogP contribution in [0.1, 0.15) is 19.5 Å². The van der Waals surface area contributed by atoms with Crippen LogP contribution in [-0.4, -0.2) is 45.6 Å². The third-order valence-corrected chi connectivity index (χ3v) is 4.31. The van der Waals surface area contributed by atoms with E-state index in [1.165, 1.54) is 23.5 Å². The molecule has 0 aliphatic heterocycles. The molecule has 1 aromatic carbocycles. The normalized spacial score (nSPS) is 11.1. The first kappa shape index (κ1) is 18.9. The number of nitrogens with zero attached hydrogens (tertiary/aromatic N) is 1. The molecular weight excluding hydrogens is 340 g/mol. The number of benzene rings is 1. The van der Waals surface area contributed by atoms with Gasteiger partial charge in [0.05, 0.1) is 0 Å². The third-order valence-electron chi connectivity index (χ3n) is 3.63. The average Bonchev–Trinajstić information content (AvgIpc) is 3.17. The molecule has 2 heterocycles. The molecular formula is C17H15FNNaO3S. The van der Waals surface area contributed by atoms with Crippen LogP contribution in [-0.2, 0) is 10.2 Å². The minimum atomic E-state index is -1.21. The van der Waals surface area contributed by atoms with Crippen LogP contribution in [0.3, 0.4) is 0 Å². The Hall–Kier alpha value is -1.47. The maximum atomic E-state index is 13.1. The van der Waals surface area contributed by atoms with E-state index in [-0.39, 0.29) is 41.3 Å². The Morgan fingerprint density at radius 1 is 1.21 bits per heavy atom. The van der Waals surface area contributed by atoms with Gasteiger partial charge in [-0.3, -0.25) is 4.79 Å². The molecule has 4 nitrogen and oxygen atoms in total. The summed E-state index contributed by atoms with van der Waals surface area (Å²) in [6.45, 7) is 3.16. The van der Waals surface area contributed by atoms with Crippen molar-refractivity contribution in [2.24, 2.45) is 0 Å². The molecule has 3 aromatic rings. The second-order valence-electron chi connectivity index (χ2n) is 5.65. The molecule has 0 fully saturated rings. The van der Waals surface area contributed by atoms with Crippen LogP contribution >= 0.6 is 11.3 Å². The number of halogens is 1. The van der Waals surface area contributed by atoms with Crippen molar-refractivity contribution in [3.8, 4) is 22.8 Å². The molecule has 120 valence electrons. The first-order chi connectivity index (χ1) is 10.9. The van der Waals surface area contributed by atoms with Crippen LogP contribution in [0.4, 0.5) is 4.39 Å². The number of aliphatic carboxylic acids is 1. The number of carbonyl (C=O) groups is 1. The van der Waals surface area contributed by atoms with E-state index in [2.05, 4.69) is 4.98 Å². The van der Waals surface area contributed by atoms with Gasteiger partial charge in [-0.25, -0.2) is 9.37 Å². The van der Waals surface area contributed by atoms with E-state index in [0.29, 0.717) is 17.0 Å². The van der Waals surface area contributed by atoms with Crippen molar-refractivity contribution in [1.82, 2.24) is 4.98 Å². The molecule has 0 bridgehead atoms. The van der Waals surface area contributed by atoms with Crippen molar-refractivity contribution in [2.45, 2.75) is 19.3 Å². The van der Waals surface area contributed by atoms with Gasteiger partial charge in [0, 0.05) is 16.5 Å². The molecule has 0 aliphatic carbocycles. The van der Waals surface area contributed by atoms with Crippen LogP contribution in [0.25, 0.3) is 22.8 Å². The Balaban J connectivity index is 0.00000208. The Morgan fingerprint density at radius 2 is 1.88 bits per heavy atom. The van der Waals surface area contributed by atoms with Crippen molar-refractivity contribution in [1.29, 1.82) is 0 Å². The molecule has 0 amide bonds. The average molecular weight is 355 g/mol. The van der Waals surface area contributed by atoms with Gasteiger partial charge in [0.1, 0.15) is 16.9 Å². The number of carboxylic acids is 1. The van der Waals surface area contributed by atoms with E-state index in [0.717, 1.165) is 5.56 Å². The van der Waals surface area contributed by atoms with E-state index < -0.39 is 11.4 Å². The molecule has 7 heteroatoms. The number of hydrogen-bond acceptors (Lipinski definition) is 4. The number of thiophene rings is 1. The summed E-state index contributed by atoms with van der Waals surface area (Å²) in [4.78, 5) is 16.0. The topological polar surface area (TPSA) is 63.3 Å². The van der Waals surface area contributed by atoms with E-state index in [4.69, 9.17) is 4.42 Å². The number of rotatable bonds is 4. The fourth-order valence-electron chi connectivity index (χ4n) is 2.15. The minimum absolute atomic E-state index is 0. The molecule has 3 rings (SSSR count). The monoisotopic (exact) mass is 355 g/mol. The van der Waals surface area contributed by atoms with Gasteiger partial charge in [0.25, 0.3) is 0 Å². The molecule has 0 saturated carbocycles. The van der Waals surface area contributed by atoms with Gasteiger partial charge in [-0.2, -0.15) is 11.3 Å². The van der Waals surface area contributed by atoms with Crippen molar-refractivity contribution in [3.05, 3.63) is 52.6 Å². The van der Waals surface area contributed by atoms with Gasteiger partial charge < -0.3 is 9.52 Å². The van der Waals surface area contributed by atoms with Crippen molar-refractivity contribution in [2.75, 3.05) is 0 Å². The van der Waals surface area contributed by atoms with Crippen LogP contribution in [0.15, 0.2) is 45.5 Å². The zero-order chi connectivity index (χ0) is 16.6. The van der Waals surface area contributed by atoms with Gasteiger partial charge in [0.2, 0.25) is 5.89 Å². The predicted molar refractivity (Wildman–Crippen MR) is 93.0 cm³/mol. The summed E-state index contributed by atoms with van der Waals surface area (Å²) in [5.41, 5.74) is 0.511. The number of carboxylic acid groups (broad SMARTS) is 1. The first-order valence-corrected chi connectivity index (χ1v) is 7.87. The fraction of sp³-hybridized carbons (Fsp3) is 0.176. The van der Waals surface area contributed by atoms with Gasteiger partial charge in [0.15, 0.2) is 5.76 Å². The van der Waals surface area contributed by atoms with E-state index in [1.807, 2.05) is 16.8 Å². The molecule has 24 heavy (non-hydrogen) atoms. The van der Waals surface area contributed by atoms with Crippen LogP contribution in [0.2, 0.25) is 0 Å². The summed E-state index contributed by atoms with van der Waals surface area (Å²) >= 11 is 1.48. The SMILES string of the molecule is CC(C)(C(=O)O)c1nc(-c2ccc(F)cc2)oc1-c1ccsc1.[NaH]. The summed E-state index contributed by atoms with van der Waals surface area (Å²) < 4.78 is 18.9. The van der Waals surface area contributed by atoms with E-state index >= 15 is 0 Å². The third kappa shape index (κ3) is 3.47. The van der Waals surface area contributed by atoms with E-state index in [1.54, 1.807) is 26.0 Å². The summed E-state index contributed by atoms with van der Waals surface area (Å²) in [5, 5.41) is 13.3. The molecule has 0 spiro atoms. The first-order valence-electron chi connectivity index (χ1n) is 6.93. The summed E-state index contributed by atoms with van der Waals surface area (Å²) in [6.07, 6.45) is 0. The van der Waals surface area contributed by atoms with Crippen LogP contribution in [0, 0.1) is 5.82 Å².